The van der Waals surface area contributed by atoms with Crippen molar-refractivity contribution in [2.24, 2.45) is 5.92 Å². The molecule has 0 spiro atoms. The Kier molecular flexibility index (Phi) is 7.17. The van der Waals surface area contributed by atoms with E-state index in [0.29, 0.717) is 19.6 Å². The lowest BCUT2D eigenvalue weighted by atomic mass is 9.97. The van der Waals surface area contributed by atoms with Crippen LogP contribution in [0.3, 0.4) is 0 Å². The Labute approximate surface area is 151 Å². The topological polar surface area (TPSA) is 70.7 Å². The van der Waals surface area contributed by atoms with E-state index in [9.17, 15) is 18.4 Å². The molecule has 0 bridgehead atoms. The van der Waals surface area contributed by atoms with Crippen LogP contribution in [0.5, 0.6) is 5.75 Å². The number of nitrogens with zero attached hydrogens (tertiary/aromatic N) is 1. The Morgan fingerprint density at radius 2 is 2.00 bits per heavy atom. The van der Waals surface area contributed by atoms with Crippen molar-refractivity contribution in [1.82, 2.24) is 15.5 Å². The van der Waals surface area contributed by atoms with E-state index in [4.69, 9.17) is 0 Å². The number of urea groups is 1. The van der Waals surface area contributed by atoms with Gasteiger partial charge in [-0.25, -0.2) is 4.79 Å². The Hall–Kier alpha value is -2.38. The van der Waals surface area contributed by atoms with Gasteiger partial charge in [0.1, 0.15) is 5.75 Å². The van der Waals surface area contributed by atoms with Crippen LogP contribution >= 0.6 is 0 Å². The maximum Gasteiger partial charge on any atom is 0.387 e. The normalized spacial score (nSPS) is 18.3. The highest BCUT2D eigenvalue weighted by Crippen LogP contribution is 2.21. The maximum absolute atomic E-state index is 12.5. The van der Waals surface area contributed by atoms with Gasteiger partial charge in [0.25, 0.3) is 0 Å². The molecular weight excluding hydrogens is 344 g/mol. The molecule has 1 saturated heterocycles. The number of likely N-dealkylation sites (tertiary alicyclic amines) is 1. The molecule has 1 aliphatic heterocycles. The van der Waals surface area contributed by atoms with Crippen LogP contribution in [0.1, 0.15) is 38.3 Å². The standard InChI is InChI=1S/C18H25F2N3O3/c1-3-21-16(24)14-5-4-10-23(11-14)18(25)22-12(2)13-6-8-15(9-7-13)26-17(19)20/h6-9,12,14,17H,3-5,10-11H2,1-2H3,(H,21,24)(H,22,25). The predicted molar refractivity (Wildman–Crippen MR) is 93.0 cm³/mol. The average Bonchev–Trinajstić information content (AvgIpc) is 2.62. The lowest BCUT2D eigenvalue weighted by Gasteiger charge is -2.33. The minimum atomic E-state index is -2.87. The van der Waals surface area contributed by atoms with Crippen molar-refractivity contribution < 1.29 is 23.1 Å². The van der Waals surface area contributed by atoms with E-state index in [1.54, 1.807) is 17.0 Å². The molecule has 8 heteroatoms. The molecule has 3 amide bonds. The summed E-state index contributed by atoms with van der Waals surface area (Å²) in [6.45, 7) is 2.39. The Morgan fingerprint density at radius 1 is 1.31 bits per heavy atom. The number of carbonyl (C=O) groups is 2. The van der Waals surface area contributed by atoms with Gasteiger partial charge in [-0.1, -0.05) is 12.1 Å². The van der Waals surface area contributed by atoms with Crippen molar-refractivity contribution in [2.45, 2.75) is 39.3 Å². The first-order chi connectivity index (χ1) is 12.4. The van der Waals surface area contributed by atoms with E-state index < -0.39 is 6.61 Å². The summed E-state index contributed by atoms with van der Waals surface area (Å²) in [5.41, 5.74) is 0.775. The first kappa shape index (κ1) is 19.9. The van der Waals surface area contributed by atoms with E-state index in [0.717, 1.165) is 18.4 Å². The summed E-state index contributed by atoms with van der Waals surface area (Å²) in [7, 11) is 0. The monoisotopic (exact) mass is 369 g/mol. The number of piperidine rings is 1. The third kappa shape index (κ3) is 5.57. The third-order valence-corrected chi connectivity index (χ3v) is 4.38. The quantitative estimate of drug-likeness (QED) is 0.810. The van der Waals surface area contributed by atoms with Crippen LogP contribution in [0.15, 0.2) is 24.3 Å². The van der Waals surface area contributed by atoms with Crippen LogP contribution in [0.4, 0.5) is 13.6 Å². The van der Waals surface area contributed by atoms with Gasteiger partial charge in [-0.05, 0) is 44.4 Å². The molecule has 144 valence electrons. The van der Waals surface area contributed by atoms with Crippen molar-refractivity contribution in [2.75, 3.05) is 19.6 Å². The summed E-state index contributed by atoms with van der Waals surface area (Å²) in [4.78, 5) is 26.1. The molecule has 6 nitrogen and oxygen atoms in total. The van der Waals surface area contributed by atoms with Crippen molar-refractivity contribution in [3.8, 4) is 5.75 Å². The summed E-state index contributed by atoms with van der Waals surface area (Å²) in [6, 6.07) is 5.62. The third-order valence-electron chi connectivity index (χ3n) is 4.38. The molecule has 26 heavy (non-hydrogen) atoms. The van der Waals surface area contributed by atoms with Crippen molar-refractivity contribution in [3.63, 3.8) is 0 Å². The number of hydrogen-bond donors (Lipinski definition) is 2. The van der Waals surface area contributed by atoms with Gasteiger partial charge in [0.2, 0.25) is 5.91 Å². The van der Waals surface area contributed by atoms with Crippen LogP contribution in [-0.4, -0.2) is 43.1 Å². The summed E-state index contributed by atoms with van der Waals surface area (Å²) in [5.74, 6) is -0.133. The molecule has 1 aliphatic rings. The number of nitrogens with one attached hydrogen (secondary N) is 2. The fourth-order valence-electron chi connectivity index (χ4n) is 2.99. The Balaban J connectivity index is 1.90. The first-order valence-electron chi connectivity index (χ1n) is 8.78. The van der Waals surface area contributed by atoms with Crippen LogP contribution in [0.25, 0.3) is 0 Å². The summed E-state index contributed by atoms with van der Waals surface area (Å²) in [6.07, 6.45) is 1.56. The molecule has 0 saturated carbocycles. The Morgan fingerprint density at radius 3 is 2.62 bits per heavy atom. The van der Waals surface area contributed by atoms with Crippen LogP contribution in [0.2, 0.25) is 0 Å². The van der Waals surface area contributed by atoms with Gasteiger partial charge in [-0.15, -0.1) is 0 Å². The minimum absolute atomic E-state index is 0.0207. The van der Waals surface area contributed by atoms with Gasteiger partial charge < -0.3 is 20.3 Å². The largest absolute Gasteiger partial charge is 0.435 e. The van der Waals surface area contributed by atoms with E-state index >= 15 is 0 Å². The van der Waals surface area contributed by atoms with Gasteiger partial charge >= 0.3 is 12.6 Å². The van der Waals surface area contributed by atoms with E-state index in [1.165, 1.54) is 12.1 Å². The SMILES string of the molecule is CCNC(=O)C1CCCN(C(=O)NC(C)c2ccc(OC(F)F)cc2)C1. The number of rotatable bonds is 6. The smallest absolute Gasteiger partial charge is 0.387 e. The highest BCUT2D eigenvalue weighted by molar-refractivity contribution is 5.80. The first-order valence-corrected chi connectivity index (χ1v) is 8.78. The van der Waals surface area contributed by atoms with Gasteiger partial charge in [0.15, 0.2) is 0 Å². The van der Waals surface area contributed by atoms with Crippen molar-refractivity contribution in [3.05, 3.63) is 29.8 Å². The zero-order valence-electron chi connectivity index (χ0n) is 15.0. The van der Waals surface area contributed by atoms with Crippen LogP contribution < -0.4 is 15.4 Å². The molecule has 2 rings (SSSR count). The summed E-state index contributed by atoms with van der Waals surface area (Å²) >= 11 is 0. The van der Waals surface area contributed by atoms with Gasteiger partial charge in [-0.3, -0.25) is 4.79 Å². The van der Waals surface area contributed by atoms with Crippen molar-refractivity contribution in [1.29, 1.82) is 0 Å². The molecule has 0 aromatic heterocycles. The maximum atomic E-state index is 12.5. The number of hydrogen-bond acceptors (Lipinski definition) is 3. The molecule has 0 aliphatic carbocycles. The van der Waals surface area contributed by atoms with Gasteiger partial charge in [0.05, 0.1) is 12.0 Å². The number of ether oxygens (including phenoxy) is 1. The summed E-state index contributed by atoms with van der Waals surface area (Å²) in [5, 5.41) is 5.68. The van der Waals surface area contributed by atoms with Gasteiger partial charge in [-0.2, -0.15) is 8.78 Å². The molecule has 1 aromatic carbocycles. The number of carbonyl (C=O) groups excluding carboxylic acids is 2. The second-order valence-electron chi connectivity index (χ2n) is 6.30. The Bertz CT molecular complexity index is 610. The second kappa shape index (κ2) is 9.35. The fourth-order valence-corrected chi connectivity index (χ4v) is 2.99. The van der Waals surface area contributed by atoms with E-state index in [2.05, 4.69) is 15.4 Å². The molecule has 2 atom stereocenters. The highest BCUT2D eigenvalue weighted by Gasteiger charge is 2.28. The minimum Gasteiger partial charge on any atom is -0.435 e. The average molecular weight is 369 g/mol. The molecule has 2 unspecified atom stereocenters. The number of alkyl halides is 2. The van der Waals surface area contributed by atoms with E-state index in [-0.39, 0.29) is 29.6 Å². The van der Waals surface area contributed by atoms with Crippen molar-refractivity contribution >= 4 is 11.9 Å². The zero-order chi connectivity index (χ0) is 19.1. The second-order valence-corrected chi connectivity index (χ2v) is 6.30. The van der Waals surface area contributed by atoms with Crippen LogP contribution in [-0.2, 0) is 4.79 Å². The summed E-state index contributed by atoms with van der Waals surface area (Å²) < 4.78 is 28.7. The zero-order valence-corrected chi connectivity index (χ0v) is 15.0. The number of amides is 3. The lowest BCUT2D eigenvalue weighted by Crippen LogP contribution is -2.49. The number of benzene rings is 1. The van der Waals surface area contributed by atoms with Crippen LogP contribution in [0, 0.1) is 5.92 Å². The molecule has 1 heterocycles. The van der Waals surface area contributed by atoms with E-state index in [1.807, 2.05) is 13.8 Å². The number of halogens is 2. The molecule has 0 radical (unpaired) electrons. The molecular formula is C18H25F2N3O3. The predicted octanol–water partition coefficient (Wildman–Crippen LogP) is 2.91. The molecule has 2 N–H and O–H groups in total. The molecule has 1 aromatic rings. The highest BCUT2D eigenvalue weighted by atomic mass is 19.3. The molecule has 1 fully saturated rings. The lowest BCUT2D eigenvalue weighted by molar-refractivity contribution is -0.126. The fraction of sp³-hybridized carbons (Fsp3) is 0.556. The van der Waals surface area contributed by atoms with Gasteiger partial charge in [0, 0.05) is 19.6 Å².